The molecule has 3 aromatic rings. The van der Waals surface area contributed by atoms with E-state index < -0.39 is 0 Å². The Morgan fingerprint density at radius 2 is 2.00 bits per heavy atom. The summed E-state index contributed by atoms with van der Waals surface area (Å²) in [5.74, 6) is 0.168. The first-order valence-corrected chi connectivity index (χ1v) is 8.27. The molecule has 0 atom stereocenters. The minimum atomic E-state index is -0.0602. The summed E-state index contributed by atoms with van der Waals surface area (Å²) in [5, 5.41) is 1.92. The predicted octanol–water partition coefficient (Wildman–Crippen LogP) is 4.89. The Morgan fingerprint density at radius 1 is 1.18 bits per heavy atom. The van der Waals surface area contributed by atoms with Gasteiger partial charge in [0.05, 0.1) is 26.3 Å². The molecule has 0 saturated heterocycles. The number of rotatable bonds is 4. The highest BCUT2D eigenvalue weighted by molar-refractivity contribution is 7.99. The molecule has 0 amide bonds. The molecule has 0 fully saturated rings. The molecule has 0 spiro atoms. The second-order valence-corrected chi connectivity index (χ2v) is 6.62. The van der Waals surface area contributed by atoms with E-state index in [1.807, 2.05) is 0 Å². The van der Waals surface area contributed by atoms with E-state index in [1.165, 1.54) is 18.0 Å². The molecular formula is C14H8Cl3N3OS. The van der Waals surface area contributed by atoms with Crippen molar-refractivity contribution in [2.75, 3.05) is 5.75 Å². The molecule has 112 valence electrons. The van der Waals surface area contributed by atoms with E-state index in [2.05, 4.69) is 15.0 Å². The maximum absolute atomic E-state index is 12.1. The zero-order valence-electron chi connectivity index (χ0n) is 10.9. The fourth-order valence-electron chi connectivity index (χ4n) is 1.81. The molecule has 4 nitrogen and oxygen atoms in total. The Labute approximate surface area is 145 Å². The van der Waals surface area contributed by atoms with E-state index >= 15 is 0 Å². The quantitative estimate of drug-likeness (QED) is 0.523. The van der Waals surface area contributed by atoms with Crippen molar-refractivity contribution in [3.05, 3.63) is 51.1 Å². The maximum atomic E-state index is 12.1. The number of H-pyrrole nitrogens is 1. The first kappa shape index (κ1) is 15.6. The normalized spacial score (nSPS) is 11.0. The molecule has 0 unspecified atom stereocenters. The molecule has 0 bridgehead atoms. The molecule has 0 radical (unpaired) electrons. The summed E-state index contributed by atoms with van der Waals surface area (Å²) in [5.41, 5.74) is 1.81. The third-order valence-corrected chi connectivity index (χ3v) is 4.68. The van der Waals surface area contributed by atoms with Crippen LogP contribution in [-0.2, 0) is 0 Å². The van der Waals surface area contributed by atoms with Crippen LogP contribution in [0.3, 0.4) is 0 Å². The lowest BCUT2D eigenvalue weighted by Crippen LogP contribution is -2.02. The van der Waals surface area contributed by atoms with Gasteiger partial charge in [-0.3, -0.25) is 4.79 Å². The van der Waals surface area contributed by atoms with Gasteiger partial charge in [-0.1, -0.05) is 46.6 Å². The largest absolute Gasteiger partial charge is 0.331 e. The molecule has 1 N–H and O–H groups in total. The summed E-state index contributed by atoms with van der Waals surface area (Å²) < 4.78 is 0. The van der Waals surface area contributed by atoms with Crippen LogP contribution >= 0.6 is 46.6 Å². The van der Waals surface area contributed by atoms with Crippen LogP contribution in [0.2, 0.25) is 15.1 Å². The number of aromatic nitrogens is 3. The Balaban J connectivity index is 1.72. The number of ketones is 1. The number of nitrogens with one attached hydrogen (secondary N) is 1. The highest BCUT2D eigenvalue weighted by Gasteiger charge is 2.11. The van der Waals surface area contributed by atoms with Gasteiger partial charge in [0.25, 0.3) is 0 Å². The molecule has 1 aromatic carbocycles. The second-order valence-electron chi connectivity index (χ2n) is 4.41. The Morgan fingerprint density at radius 3 is 2.77 bits per heavy atom. The minimum Gasteiger partial charge on any atom is -0.331 e. The summed E-state index contributed by atoms with van der Waals surface area (Å²) in [6.07, 6.45) is 1.53. The Hall–Kier alpha value is -1.27. The number of carbonyl (C=O) groups excluding carboxylic acids is 1. The number of pyridine rings is 1. The van der Waals surface area contributed by atoms with Gasteiger partial charge in [0.2, 0.25) is 0 Å². The van der Waals surface area contributed by atoms with E-state index in [-0.39, 0.29) is 11.5 Å². The molecule has 8 heteroatoms. The average Bonchev–Trinajstić information content (AvgIpc) is 2.89. The van der Waals surface area contributed by atoms with Crippen LogP contribution in [-0.4, -0.2) is 26.5 Å². The third-order valence-electron chi connectivity index (χ3n) is 2.86. The molecule has 0 aliphatic carbocycles. The van der Waals surface area contributed by atoms with Crippen LogP contribution in [0.1, 0.15) is 10.4 Å². The Kier molecular flexibility index (Phi) is 4.59. The lowest BCUT2D eigenvalue weighted by atomic mass is 10.1. The first-order chi connectivity index (χ1) is 10.5. The van der Waals surface area contributed by atoms with Crippen molar-refractivity contribution >= 4 is 63.5 Å². The highest BCUT2D eigenvalue weighted by atomic mass is 35.5. The van der Waals surface area contributed by atoms with Crippen molar-refractivity contribution in [2.24, 2.45) is 0 Å². The minimum absolute atomic E-state index is 0.0602. The van der Waals surface area contributed by atoms with Crippen molar-refractivity contribution < 1.29 is 4.79 Å². The lowest BCUT2D eigenvalue weighted by molar-refractivity contribution is 0.102. The smallest absolute Gasteiger partial charge is 0.178 e. The SMILES string of the molecule is O=C(CSc1nc2ncc(Cl)cc2[nH]1)c1ccc(Cl)c(Cl)c1. The number of Topliss-reactive ketones (excluding diaryl/α,β-unsaturated/α-hetero) is 1. The standard InChI is InChI=1S/C14H8Cl3N3OS/c15-8-4-11-13(18-5-8)20-14(19-11)22-6-12(21)7-1-2-9(16)10(17)3-7/h1-5H,6H2,(H,18,19,20). The molecule has 22 heavy (non-hydrogen) atoms. The number of hydrogen-bond donors (Lipinski definition) is 1. The summed E-state index contributed by atoms with van der Waals surface area (Å²) >= 11 is 18.9. The number of fused-ring (bicyclic) bond motifs is 1. The number of imidazole rings is 1. The van der Waals surface area contributed by atoms with E-state index in [1.54, 1.807) is 24.3 Å². The van der Waals surface area contributed by atoms with Gasteiger partial charge < -0.3 is 4.98 Å². The fourth-order valence-corrected chi connectivity index (χ4v) is 3.03. The topological polar surface area (TPSA) is 58.6 Å². The lowest BCUT2D eigenvalue weighted by Gasteiger charge is -2.01. The van der Waals surface area contributed by atoms with Gasteiger partial charge in [0, 0.05) is 11.8 Å². The second kappa shape index (κ2) is 6.46. The van der Waals surface area contributed by atoms with Crippen LogP contribution in [0, 0.1) is 0 Å². The van der Waals surface area contributed by atoms with E-state index in [4.69, 9.17) is 34.8 Å². The number of halogens is 3. The molecule has 0 aliphatic heterocycles. The van der Waals surface area contributed by atoms with Crippen molar-refractivity contribution in [1.82, 2.24) is 15.0 Å². The molecule has 0 saturated carbocycles. The molecule has 3 rings (SSSR count). The van der Waals surface area contributed by atoms with Gasteiger partial charge in [-0.2, -0.15) is 0 Å². The van der Waals surface area contributed by atoms with Gasteiger partial charge in [0.1, 0.15) is 0 Å². The van der Waals surface area contributed by atoms with E-state index in [9.17, 15) is 4.79 Å². The number of carbonyl (C=O) groups is 1. The fraction of sp³-hybridized carbons (Fsp3) is 0.0714. The summed E-state index contributed by atoms with van der Waals surface area (Å²) in [6.45, 7) is 0. The summed E-state index contributed by atoms with van der Waals surface area (Å²) in [4.78, 5) is 23.6. The van der Waals surface area contributed by atoms with Crippen LogP contribution in [0.15, 0.2) is 35.6 Å². The zero-order valence-corrected chi connectivity index (χ0v) is 14.0. The molecule has 0 aliphatic rings. The highest BCUT2D eigenvalue weighted by Crippen LogP contribution is 2.25. The monoisotopic (exact) mass is 371 g/mol. The molecule has 2 aromatic heterocycles. The van der Waals surface area contributed by atoms with Gasteiger partial charge >= 0.3 is 0 Å². The van der Waals surface area contributed by atoms with Crippen LogP contribution in [0.4, 0.5) is 0 Å². The Bertz CT molecular complexity index is 866. The third kappa shape index (κ3) is 3.38. The summed E-state index contributed by atoms with van der Waals surface area (Å²) in [6, 6.07) is 6.56. The number of hydrogen-bond acceptors (Lipinski definition) is 4. The number of aromatic amines is 1. The van der Waals surface area contributed by atoms with Crippen molar-refractivity contribution in [3.63, 3.8) is 0 Å². The van der Waals surface area contributed by atoms with Crippen LogP contribution in [0.25, 0.3) is 11.2 Å². The van der Waals surface area contributed by atoms with E-state index in [0.717, 1.165) is 5.52 Å². The van der Waals surface area contributed by atoms with Gasteiger partial charge in [-0.05, 0) is 24.3 Å². The van der Waals surface area contributed by atoms with Crippen LogP contribution in [0.5, 0.6) is 0 Å². The number of benzene rings is 1. The number of thioether (sulfide) groups is 1. The van der Waals surface area contributed by atoms with Gasteiger partial charge in [-0.15, -0.1) is 0 Å². The number of nitrogens with zero attached hydrogens (tertiary/aromatic N) is 2. The molecule has 2 heterocycles. The van der Waals surface area contributed by atoms with E-state index in [0.29, 0.717) is 31.4 Å². The van der Waals surface area contributed by atoms with Gasteiger partial charge in [-0.25, -0.2) is 9.97 Å². The van der Waals surface area contributed by atoms with Crippen LogP contribution < -0.4 is 0 Å². The average molecular weight is 373 g/mol. The summed E-state index contributed by atoms with van der Waals surface area (Å²) in [7, 11) is 0. The zero-order chi connectivity index (χ0) is 15.7. The molecular weight excluding hydrogens is 365 g/mol. The van der Waals surface area contributed by atoms with Crippen molar-refractivity contribution in [3.8, 4) is 0 Å². The van der Waals surface area contributed by atoms with Crippen molar-refractivity contribution in [2.45, 2.75) is 5.16 Å². The first-order valence-electron chi connectivity index (χ1n) is 6.15. The predicted molar refractivity (Wildman–Crippen MR) is 90.4 cm³/mol. The van der Waals surface area contributed by atoms with Crippen molar-refractivity contribution in [1.29, 1.82) is 0 Å². The maximum Gasteiger partial charge on any atom is 0.178 e. The van der Waals surface area contributed by atoms with Gasteiger partial charge in [0.15, 0.2) is 16.6 Å².